The second kappa shape index (κ2) is 8.69. The maximum absolute atomic E-state index is 11.5. The zero-order chi connectivity index (χ0) is 21.0. The number of aryl methyl sites for hydroxylation is 1. The molecule has 0 aliphatic carbocycles. The van der Waals surface area contributed by atoms with Crippen LogP contribution in [-0.4, -0.2) is 24.3 Å². The van der Waals surface area contributed by atoms with E-state index in [0.29, 0.717) is 17.9 Å². The highest BCUT2D eigenvalue weighted by Gasteiger charge is 2.11. The Labute approximate surface area is 168 Å². The summed E-state index contributed by atoms with van der Waals surface area (Å²) in [6.45, 7) is 6.74. The summed E-state index contributed by atoms with van der Waals surface area (Å²) in [4.78, 5) is 33.9. The molecule has 3 aromatic carbocycles. The molecule has 0 unspecified atom stereocenters. The van der Waals surface area contributed by atoms with Crippen LogP contribution in [0.15, 0.2) is 60.7 Å². The minimum Gasteiger partial charge on any atom is -0.462 e. The monoisotopic (exact) mass is 390 g/mol. The molecule has 0 aromatic heterocycles. The van der Waals surface area contributed by atoms with Gasteiger partial charge in [-0.1, -0.05) is 43.0 Å². The summed E-state index contributed by atoms with van der Waals surface area (Å²) in [5, 5.41) is 4.14. The van der Waals surface area contributed by atoms with Gasteiger partial charge in [0.2, 0.25) is 5.78 Å². The topological polar surface area (TPSA) is 69.7 Å². The second-order valence-corrected chi connectivity index (χ2v) is 6.97. The van der Waals surface area contributed by atoms with E-state index >= 15 is 0 Å². The largest absolute Gasteiger partial charge is 0.462 e. The quantitative estimate of drug-likeness (QED) is 0.148. The van der Waals surface area contributed by atoms with Crippen molar-refractivity contribution < 1.29 is 23.9 Å². The van der Waals surface area contributed by atoms with Gasteiger partial charge in [0.15, 0.2) is 0 Å². The first-order valence-corrected chi connectivity index (χ1v) is 9.36. The number of Topliss-reactive ketones (excluding diaryl/α,β-unsaturated/α-hetero) is 1. The van der Waals surface area contributed by atoms with Crippen LogP contribution in [0.4, 0.5) is 0 Å². The highest BCUT2D eigenvalue weighted by Crippen LogP contribution is 2.29. The van der Waals surface area contributed by atoms with E-state index in [9.17, 15) is 14.4 Å². The van der Waals surface area contributed by atoms with E-state index in [0.717, 1.165) is 39.9 Å². The van der Waals surface area contributed by atoms with Crippen LogP contribution in [0.5, 0.6) is 5.75 Å². The summed E-state index contributed by atoms with van der Waals surface area (Å²) in [5.74, 6) is -1.52. The van der Waals surface area contributed by atoms with E-state index in [-0.39, 0.29) is 5.97 Å². The van der Waals surface area contributed by atoms with Crippen molar-refractivity contribution in [3.63, 3.8) is 0 Å². The number of benzene rings is 3. The molecule has 0 atom stereocenters. The Kier molecular flexibility index (Phi) is 6.07. The van der Waals surface area contributed by atoms with Crippen LogP contribution in [0.3, 0.4) is 0 Å². The Morgan fingerprint density at radius 2 is 1.52 bits per heavy atom. The van der Waals surface area contributed by atoms with Crippen LogP contribution in [-0.2, 0) is 25.5 Å². The molecule has 0 amide bonds. The molecule has 148 valence electrons. The predicted octanol–water partition coefficient (Wildman–Crippen LogP) is 4.54. The summed E-state index contributed by atoms with van der Waals surface area (Å²) in [6.07, 6.45) is 1.54. The van der Waals surface area contributed by atoms with Gasteiger partial charge in [0.25, 0.3) is 0 Å². The Balaban J connectivity index is 1.75. The normalized spacial score (nSPS) is 10.7. The lowest BCUT2D eigenvalue weighted by molar-refractivity contribution is -0.146. The number of hydrogen-bond donors (Lipinski definition) is 0. The van der Waals surface area contributed by atoms with Gasteiger partial charge in [0.1, 0.15) is 5.75 Å². The molecular weight excluding hydrogens is 368 g/mol. The first-order valence-electron chi connectivity index (χ1n) is 9.36. The van der Waals surface area contributed by atoms with Crippen molar-refractivity contribution in [3.8, 4) is 5.75 Å². The maximum Gasteiger partial charge on any atom is 0.379 e. The first kappa shape index (κ1) is 20.3. The van der Waals surface area contributed by atoms with Gasteiger partial charge in [-0.3, -0.25) is 4.79 Å². The molecular formula is C24H22O5. The molecule has 0 saturated carbocycles. The molecule has 0 spiro atoms. The zero-order valence-electron chi connectivity index (χ0n) is 16.5. The molecule has 0 fully saturated rings. The molecule has 0 N–H and O–H groups in total. The minimum absolute atomic E-state index is 0.345. The van der Waals surface area contributed by atoms with Crippen LogP contribution in [0.2, 0.25) is 0 Å². The summed E-state index contributed by atoms with van der Waals surface area (Å²) >= 11 is 0. The van der Waals surface area contributed by atoms with Gasteiger partial charge >= 0.3 is 11.9 Å². The first-order chi connectivity index (χ1) is 13.8. The van der Waals surface area contributed by atoms with Gasteiger partial charge in [0.05, 0.1) is 6.61 Å². The van der Waals surface area contributed by atoms with Crippen molar-refractivity contribution in [1.29, 1.82) is 0 Å². The SMILES string of the molecule is C=C(C)C(=O)OCCCc1ccc2c(ccc3cc(OC(=O)C(C)=O)ccc32)c1. The van der Waals surface area contributed by atoms with E-state index in [1.807, 2.05) is 18.2 Å². The number of carbonyl (C=O) groups excluding carboxylic acids is 3. The molecule has 29 heavy (non-hydrogen) atoms. The average molecular weight is 390 g/mol. The summed E-state index contributed by atoms with van der Waals surface area (Å²) in [5.41, 5.74) is 1.57. The third-order valence-electron chi connectivity index (χ3n) is 4.56. The van der Waals surface area contributed by atoms with Crippen molar-refractivity contribution in [1.82, 2.24) is 0 Å². The molecule has 3 rings (SSSR count). The van der Waals surface area contributed by atoms with E-state index in [4.69, 9.17) is 9.47 Å². The van der Waals surface area contributed by atoms with E-state index < -0.39 is 11.8 Å². The molecule has 0 saturated heterocycles. The third-order valence-corrected chi connectivity index (χ3v) is 4.56. The number of esters is 2. The lowest BCUT2D eigenvalue weighted by atomic mass is 9.98. The van der Waals surface area contributed by atoms with E-state index in [1.54, 1.807) is 19.1 Å². The minimum atomic E-state index is -0.872. The molecule has 0 heterocycles. The fourth-order valence-electron chi connectivity index (χ4n) is 3.06. The van der Waals surface area contributed by atoms with Crippen molar-refractivity contribution in [3.05, 3.63) is 66.2 Å². The fraction of sp³-hybridized carbons (Fsp3) is 0.208. The maximum atomic E-state index is 11.5. The lowest BCUT2D eigenvalue weighted by Crippen LogP contribution is -2.16. The van der Waals surface area contributed by atoms with E-state index in [2.05, 4.69) is 24.8 Å². The number of ether oxygens (including phenoxy) is 2. The standard InChI is InChI=1S/C24H22O5/c1-15(2)23(26)28-12-4-5-17-6-10-21-18(13-17)7-8-19-14-20(9-11-22(19)21)29-24(27)16(3)25/h6-11,13-14H,1,4-5,12H2,2-3H3. The molecule has 0 bridgehead atoms. The summed E-state index contributed by atoms with van der Waals surface area (Å²) in [6, 6.07) is 15.5. The summed E-state index contributed by atoms with van der Waals surface area (Å²) in [7, 11) is 0. The number of hydrogen-bond acceptors (Lipinski definition) is 5. The van der Waals surface area contributed by atoms with Crippen LogP contribution >= 0.6 is 0 Å². The van der Waals surface area contributed by atoms with Crippen LogP contribution in [0.25, 0.3) is 21.5 Å². The Bertz CT molecular complexity index is 1130. The lowest BCUT2D eigenvalue weighted by Gasteiger charge is -2.09. The van der Waals surface area contributed by atoms with Crippen LogP contribution < -0.4 is 4.74 Å². The van der Waals surface area contributed by atoms with Crippen molar-refractivity contribution >= 4 is 39.3 Å². The number of carbonyl (C=O) groups is 3. The van der Waals surface area contributed by atoms with Gasteiger partial charge in [-0.05, 0) is 59.0 Å². The number of rotatable bonds is 7. The van der Waals surface area contributed by atoms with Crippen molar-refractivity contribution in [2.24, 2.45) is 0 Å². The van der Waals surface area contributed by atoms with Gasteiger partial charge in [0, 0.05) is 12.5 Å². The molecule has 0 aliphatic heterocycles. The highest BCUT2D eigenvalue weighted by atomic mass is 16.5. The summed E-state index contributed by atoms with van der Waals surface area (Å²) < 4.78 is 10.2. The van der Waals surface area contributed by atoms with Crippen molar-refractivity contribution in [2.75, 3.05) is 6.61 Å². The van der Waals surface area contributed by atoms with Gasteiger partial charge < -0.3 is 9.47 Å². The van der Waals surface area contributed by atoms with E-state index in [1.165, 1.54) is 6.92 Å². The fourth-order valence-corrected chi connectivity index (χ4v) is 3.06. The third kappa shape index (κ3) is 4.88. The zero-order valence-corrected chi connectivity index (χ0v) is 16.5. The predicted molar refractivity (Wildman–Crippen MR) is 112 cm³/mol. The van der Waals surface area contributed by atoms with Gasteiger partial charge in [-0.15, -0.1) is 0 Å². The number of ketones is 1. The molecule has 5 nitrogen and oxygen atoms in total. The number of fused-ring (bicyclic) bond motifs is 3. The van der Waals surface area contributed by atoms with Crippen molar-refractivity contribution in [2.45, 2.75) is 26.7 Å². The second-order valence-electron chi connectivity index (χ2n) is 6.97. The van der Waals surface area contributed by atoms with Crippen LogP contribution in [0.1, 0.15) is 25.8 Å². The molecule has 0 radical (unpaired) electrons. The molecule has 5 heteroatoms. The van der Waals surface area contributed by atoms with Gasteiger partial charge in [-0.2, -0.15) is 0 Å². The molecule has 0 aliphatic rings. The Morgan fingerprint density at radius 3 is 2.17 bits per heavy atom. The van der Waals surface area contributed by atoms with Crippen LogP contribution in [0, 0.1) is 0 Å². The Hall–Kier alpha value is -3.47. The van der Waals surface area contributed by atoms with Gasteiger partial charge in [-0.25, -0.2) is 9.59 Å². The smallest absolute Gasteiger partial charge is 0.379 e. The molecule has 3 aromatic rings. The Morgan fingerprint density at radius 1 is 0.862 bits per heavy atom. The average Bonchev–Trinajstić information content (AvgIpc) is 2.70. The highest BCUT2D eigenvalue weighted by molar-refractivity contribution is 6.33.